The molecule has 1 N–H and O–H groups in total. The van der Waals surface area contributed by atoms with Gasteiger partial charge in [-0.3, -0.25) is 4.79 Å². The van der Waals surface area contributed by atoms with Crippen LogP contribution in [0.15, 0.2) is 27.1 Å². The zero-order valence-corrected chi connectivity index (χ0v) is 13.5. The van der Waals surface area contributed by atoms with Crippen LogP contribution in [0, 0.1) is 6.92 Å². The number of hydrogen-bond acceptors (Lipinski definition) is 4. The van der Waals surface area contributed by atoms with Crippen LogP contribution >= 0.6 is 27.7 Å². The highest BCUT2D eigenvalue weighted by Gasteiger charge is 2.37. The highest BCUT2D eigenvalue weighted by Crippen LogP contribution is 2.31. The van der Waals surface area contributed by atoms with Crippen LogP contribution in [0.1, 0.15) is 16.1 Å². The van der Waals surface area contributed by atoms with Gasteiger partial charge >= 0.3 is 5.97 Å². The lowest BCUT2D eigenvalue weighted by Crippen LogP contribution is -2.41. The summed E-state index contributed by atoms with van der Waals surface area (Å²) in [6, 6.07) is 4.72. The fourth-order valence-electron chi connectivity index (χ4n) is 2.37. The minimum atomic E-state index is -0.982. The Morgan fingerprint density at radius 2 is 2.24 bits per heavy atom. The zero-order valence-electron chi connectivity index (χ0n) is 11.1. The van der Waals surface area contributed by atoms with E-state index < -0.39 is 12.0 Å². The first kappa shape index (κ1) is 14.5. The monoisotopic (exact) mass is 369 g/mol. The molecule has 110 valence electrons. The Morgan fingerprint density at radius 3 is 2.95 bits per heavy atom. The summed E-state index contributed by atoms with van der Waals surface area (Å²) in [5, 5.41) is 10.0. The summed E-state index contributed by atoms with van der Waals surface area (Å²) in [5.74, 6) is -0.346. The largest absolute Gasteiger partial charge is 0.480 e. The predicted molar refractivity (Wildman–Crippen MR) is 83.6 cm³/mol. The summed E-state index contributed by atoms with van der Waals surface area (Å²) in [6.45, 7) is 1.81. The molecule has 1 aliphatic heterocycles. The van der Waals surface area contributed by atoms with Crippen molar-refractivity contribution in [2.75, 3.05) is 11.6 Å². The fourth-order valence-corrected chi connectivity index (χ4v) is 3.88. The Hall–Kier alpha value is -1.47. The van der Waals surface area contributed by atoms with Crippen LogP contribution in [0.2, 0.25) is 0 Å². The van der Waals surface area contributed by atoms with E-state index in [0.717, 1.165) is 15.4 Å². The zero-order chi connectivity index (χ0) is 15.1. The van der Waals surface area contributed by atoms with Gasteiger partial charge in [0, 0.05) is 21.2 Å². The summed E-state index contributed by atoms with van der Waals surface area (Å²) in [4.78, 5) is 25.1. The number of carbonyl (C=O) groups is 2. The van der Waals surface area contributed by atoms with E-state index in [1.165, 1.54) is 16.7 Å². The minimum Gasteiger partial charge on any atom is -0.480 e. The standard InChI is InChI=1S/C14H12BrNO4S/c1-7-9-4-8(15)2-3-11(9)20-12(7)13(17)16-6-21-5-10(16)14(18)19/h2-4,10H,5-6H2,1H3,(H,18,19). The maximum absolute atomic E-state index is 12.6. The van der Waals surface area contributed by atoms with Crippen LogP contribution in [0.3, 0.4) is 0 Å². The Balaban J connectivity index is 2.02. The quantitative estimate of drug-likeness (QED) is 0.880. The van der Waals surface area contributed by atoms with E-state index in [0.29, 0.717) is 17.2 Å². The van der Waals surface area contributed by atoms with Gasteiger partial charge < -0.3 is 14.4 Å². The first-order valence-corrected chi connectivity index (χ1v) is 8.24. The van der Waals surface area contributed by atoms with E-state index in [-0.39, 0.29) is 11.7 Å². The maximum atomic E-state index is 12.6. The summed E-state index contributed by atoms with van der Waals surface area (Å²) in [7, 11) is 0. The van der Waals surface area contributed by atoms with Gasteiger partial charge in [-0.1, -0.05) is 15.9 Å². The molecule has 1 fully saturated rings. The number of benzene rings is 1. The number of nitrogens with zero attached hydrogens (tertiary/aromatic N) is 1. The summed E-state index contributed by atoms with van der Waals surface area (Å²) >= 11 is 4.82. The number of halogens is 1. The van der Waals surface area contributed by atoms with Gasteiger partial charge in [-0.25, -0.2) is 4.79 Å². The van der Waals surface area contributed by atoms with Crippen LogP contribution in [0.4, 0.5) is 0 Å². The van der Waals surface area contributed by atoms with Crippen molar-refractivity contribution >= 4 is 50.5 Å². The maximum Gasteiger partial charge on any atom is 0.327 e. The lowest BCUT2D eigenvalue weighted by molar-refractivity contribution is -0.140. The Morgan fingerprint density at radius 1 is 1.48 bits per heavy atom. The summed E-state index contributed by atoms with van der Waals surface area (Å²) < 4.78 is 6.54. The third kappa shape index (κ3) is 2.44. The SMILES string of the molecule is Cc1c(C(=O)N2CSCC2C(=O)O)oc2ccc(Br)cc12. The molecule has 0 saturated carbocycles. The summed E-state index contributed by atoms with van der Waals surface area (Å²) in [6.07, 6.45) is 0. The normalized spacial score (nSPS) is 18.4. The van der Waals surface area contributed by atoms with Crippen molar-refractivity contribution in [3.63, 3.8) is 0 Å². The van der Waals surface area contributed by atoms with E-state index in [4.69, 9.17) is 4.42 Å². The highest BCUT2D eigenvalue weighted by atomic mass is 79.9. The predicted octanol–water partition coefficient (Wildman–Crippen LogP) is 3.10. The van der Waals surface area contributed by atoms with Crippen molar-refractivity contribution < 1.29 is 19.1 Å². The number of amides is 1. The number of furan rings is 1. The van der Waals surface area contributed by atoms with Crippen LogP contribution in [0.25, 0.3) is 11.0 Å². The number of carboxylic acid groups (broad SMARTS) is 1. The van der Waals surface area contributed by atoms with Gasteiger partial charge in [0.1, 0.15) is 11.6 Å². The molecular formula is C14H12BrNO4S. The molecule has 1 aromatic carbocycles. The first-order chi connectivity index (χ1) is 9.99. The van der Waals surface area contributed by atoms with E-state index >= 15 is 0 Å². The second-order valence-corrected chi connectivity index (χ2v) is 6.74. The molecular weight excluding hydrogens is 358 g/mol. The van der Waals surface area contributed by atoms with Gasteiger partial charge in [0.25, 0.3) is 5.91 Å². The molecule has 1 aliphatic rings. The molecule has 1 amide bonds. The van der Waals surface area contributed by atoms with E-state index in [2.05, 4.69) is 15.9 Å². The molecule has 0 bridgehead atoms. The molecule has 0 radical (unpaired) electrons. The lowest BCUT2D eigenvalue weighted by Gasteiger charge is -2.19. The number of thioether (sulfide) groups is 1. The third-order valence-corrected chi connectivity index (χ3v) is 5.03. The average Bonchev–Trinajstić information content (AvgIpc) is 3.04. The molecule has 1 aromatic heterocycles. The molecule has 1 saturated heterocycles. The number of carboxylic acids is 1. The van der Waals surface area contributed by atoms with Crippen LogP contribution in [-0.2, 0) is 4.79 Å². The Bertz CT molecular complexity index is 742. The number of aliphatic carboxylic acids is 1. The fraction of sp³-hybridized carbons (Fsp3) is 0.286. The minimum absolute atomic E-state index is 0.219. The van der Waals surface area contributed by atoms with Crippen LogP contribution in [-0.4, -0.2) is 39.6 Å². The van der Waals surface area contributed by atoms with Crippen molar-refractivity contribution in [3.05, 3.63) is 34.0 Å². The second-order valence-electron chi connectivity index (χ2n) is 4.83. The average molecular weight is 370 g/mol. The van der Waals surface area contributed by atoms with Crippen LogP contribution < -0.4 is 0 Å². The number of hydrogen-bond donors (Lipinski definition) is 1. The molecule has 0 aliphatic carbocycles. The first-order valence-electron chi connectivity index (χ1n) is 6.29. The topological polar surface area (TPSA) is 70.8 Å². The molecule has 21 heavy (non-hydrogen) atoms. The molecule has 0 spiro atoms. The number of aryl methyl sites for hydroxylation is 1. The van der Waals surface area contributed by atoms with E-state index in [1.807, 2.05) is 19.1 Å². The van der Waals surface area contributed by atoms with Gasteiger partial charge in [0.05, 0.1) is 5.88 Å². The van der Waals surface area contributed by atoms with Crippen LogP contribution in [0.5, 0.6) is 0 Å². The van der Waals surface area contributed by atoms with Gasteiger partial charge in [-0.05, 0) is 25.1 Å². The molecule has 3 rings (SSSR count). The van der Waals surface area contributed by atoms with Crippen molar-refractivity contribution in [1.29, 1.82) is 0 Å². The number of fused-ring (bicyclic) bond motifs is 1. The highest BCUT2D eigenvalue weighted by molar-refractivity contribution is 9.10. The second kappa shape index (κ2) is 5.38. The van der Waals surface area contributed by atoms with Crippen molar-refractivity contribution in [1.82, 2.24) is 4.90 Å². The molecule has 7 heteroatoms. The van der Waals surface area contributed by atoms with Crippen molar-refractivity contribution in [3.8, 4) is 0 Å². The van der Waals surface area contributed by atoms with Gasteiger partial charge in [0.15, 0.2) is 5.76 Å². The van der Waals surface area contributed by atoms with Gasteiger partial charge in [-0.15, -0.1) is 11.8 Å². The molecule has 5 nitrogen and oxygen atoms in total. The molecule has 1 unspecified atom stereocenters. The number of carbonyl (C=O) groups excluding carboxylic acids is 1. The Kier molecular flexibility index (Phi) is 3.71. The summed E-state index contributed by atoms with van der Waals surface area (Å²) in [5.41, 5.74) is 1.36. The smallest absolute Gasteiger partial charge is 0.327 e. The molecule has 2 aromatic rings. The lowest BCUT2D eigenvalue weighted by atomic mass is 10.1. The van der Waals surface area contributed by atoms with Gasteiger partial charge in [-0.2, -0.15) is 0 Å². The van der Waals surface area contributed by atoms with E-state index in [9.17, 15) is 14.7 Å². The van der Waals surface area contributed by atoms with Crippen molar-refractivity contribution in [2.24, 2.45) is 0 Å². The van der Waals surface area contributed by atoms with Gasteiger partial charge in [0.2, 0.25) is 0 Å². The molecule has 1 atom stereocenters. The molecule has 2 heterocycles. The third-order valence-electron chi connectivity index (χ3n) is 3.52. The number of rotatable bonds is 2. The van der Waals surface area contributed by atoms with Crippen molar-refractivity contribution in [2.45, 2.75) is 13.0 Å². The van der Waals surface area contributed by atoms with E-state index in [1.54, 1.807) is 6.07 Å². The Labute approximate surface area is 133 Å².